The number of ether oxygens (including phenoxy) is 2. The lowest BCUT2D eigenvalue weighted by atomic mass is 10.1. The molecule has 2 aromatic carbocycles. The maximum absolute atomic E-state index is 9.53. The van der Waals surface area contributed by atoms with Gasteiger partial charge in [0.15, 0.2) is 0 Å². The number of hydrogen-bond acceptors (Lipinski definition) is 5. The van der Waals surface area contributed by atoms with E-state index in [0.717, 1.165) is 16.8 Å². The Labute approximate surface area is 160 Å². The van der Waals surface area contributed by atoms with E-state index in [1.165, 1.54) is 11.3 Å². The number of nitrogens with zero attached hydrogens (tertiary/aromatic N) is 2. The third-order valence-corrected chi connectivity index (χ3v) is 4.85. The van der Waals surface area contributed by atoms with Gasteiger partial charge in [0.2, 0.25) is 0 Å². The van der Waals surface area contributed by atoms with Gasteiger partial charge in [0.1, 0.15) is 22.6 Å². The number of nitriles is 1. The van der Waals surface area contributed by atoms with Crippen molar-refractivity contribution in [1.82, 2.24) is 4.98 Å². The molecule has 0 aliphatic rings. The third kappa shape index (κ3) is 3.88. The first-order valence-corrected chi connectivity index (χ1v) is 8.96. The van der Waals surface area contributed by atoms with E-state index in [0.29, 0.717) is 27.1 Å². The summed E-state index contributed by atoms with van der Waals surface area (Å²) < 4.78 is 10.7. The fourth-order valence-corrected chi connectivity index (χ4v) is 3.31. The van der Waals surface area contributed by atoms with Crippen LogP contribution in [0.15, 0.2) is 47.8 Å². The summed E-state index contributed by atoms with van der Waals surface area (Å²) in [4.78, 5) is 4.61. The second-order valence-corrected chi connectivity index (χ2v) is 6.62. The van der Waals surface area contributed by atoms with Crippen LogP contribution in [0.5, 0.6) is 11.5 Å². The van der Waals surface area contributed by atoms with Gasteiger partial charge in [-0.2, -0.15) is 5.26 Å². The van der Waals surface area contributed by atoms with Crippen molar-refractivity contribution in [3.63, 3.8) is 0 Å². The largest absolute Gasteiger partial charge is 0.497 e. The first-order chi connectivity index (χ1) is 12.6. The van der Waals surface area contributed by atoms with E-state index in [1.54, 1.807) is 32.4 Å². The number of benzene rings is 2. The van der Waals surface area contributed by atoms with Gasteiger partial charge < -0.3 is 9.47 Å². The second-order valence-electron chi connectivity index (χ2n) is 5.33. The number of allylic oxidation sites excluding steroid dienone is 1. The molecule has 0 bridgehead atoms. The molecule has 0 N–H and O–H groups in total. The molecule has 0 atom stereocenters. The van der Waals surface area contributed by atoms with Gasteiger partial charge >= 0.3 is 0 Å². The van der Waals surface area contributed by atoms with Crippen molar-refractivity contribution in [3.05, 3.63) is 63.4 Å². The van der Waals surface area contributed by atoms with Crippen molar-refractivity contribution >= 4 is 34.6 Å². The Bertz CT molecular complexity index is 988. The molecule has 0 saturated carbocycles. The number of thiazole rings is 1. The zero-order valence-electron chi connectivity index (χ0n) is 14.2. The van der Waals surface area contributed by atoms with E-state index in [-0.39, 0.29) is 0 Å². The van der Waals surface area contributed by atoms with Gasteiger partial charge in [0.25, 0.3) is 0 Å². The van der Waals surface area contributed by atoms with Crippen LogP contribution in [0.3, 0.4) is 0 Å². The predicted molar refractivity (Wildman–Crippen MR) is 106 cm³/mol. The average molecular weight is 383 g/mol. The van der Waals surface area contributed by atoms with Gasteiger partial charge in [-0.05, 0) is 35.9 Å². The van der Waals surface area contributed by atoms with Crippen LogP contribution in [0.25, 0.3) is 22.9 Å². The number of halogens is 1. The number of rotatable bonds is 5. The Balaban J connectivity index is 1.96. The van der Waals surface area contributed by atoms with Crippen LogP contribution in [-0.4, -0.2) is 19.2 Å². The van der Waals surface area contributed by atoms with Crippen LogP contribution in [0.2, 0.25) is 5.02 Å². The van der Waals surface area contributed by atoms with E-state index in [2.05, 4.69) is 11.1 Å². The van der Waals surface area contributed by atoms with Crippen molar-refractivity contribution in [2.75, 3.05) is 14.2 Å². The van der Waals surface area contributed by atoms with Crippen LogP contribution < -0.4 is 9.47 Å². The van der Waals surface area contributed by atoms with Crippen LogP contribution >= 0.6 is 22.9 Å². The monoisotopic (exact) mass is 382 g/mol. The van der Waals surface area contributed by atoms with Crippen LogP contribution in [0, 0.1) is 11.3 Å². The van der Waals surface area contributed by atoms with Crippen molar-refractivity contribution in [1.29, 1.82) is 5.26 Å². The highest BCUT2D eigenvalue weighted by atomic mass is 35.5. The summed E-state index contributed by atoms with van der Waals surface area (Å²) >= 11 is 7.32. The molecule has 26 heavy (non-hydrogen) atoms. The fraction of sp³-hybridized carbons (Fsp3) is 0.100. The topological polar surface area (TPSA) is 55.1 Å². The minimum absolute atomic E-state index is 0.496. The highest BCUT2D eigenvalue weighted by Gasteiger charge is 2.13. The summed E-state index contributed by atoms with van der Waals surface area (Å²) in [7, 11) is 3.21. The zero-order valence-corrected chi connectivity index (χ0v) is 15.8. The summed E-state index contributed by atoms with van der Waals surface area (Å²) in [5.41, 5.74) is 2.99. The van der Waals surface area contributed by atoms with E-state index >= 15 is 0 Å². The lowest BCUT2D eigenvalue weighted by molar-refractivity contribution is 0.395. The van der Waals surface area contributed by atoms with Gasteiger partial charge in [-0.1, -0.05) is 23.7 Å². The first kappa shape index (κ1) is 18.0. The fourth-order valence-electron chi connectivity index (χ4n) is 2.40. The quantitative estimate of drug-likeness (QED) is 0.543. The molecule has 0 aliphatic heterocycles. The molecule has 0 radical (unpaired) electrons. The van der Waals surface area contributed by atoms with E-state index < -0.39 is 0 Å². The van der Waals surface area contributed by atoms with Gasteiger partial charge in [0.05, 0.1) is 25.5 Å². The number of methoxy groups -OCH3 is 2. The Morgan fingerprint density at radius 2 is 1.92 bits per heavy atom. The van der Waals surface area contributed by atoms with Gasteiger partial charge in [-0.15, -0.1) is 11.3 Å². The molecule has 3 rings (SSSR count). The van der Waals surface area contributed by atoms with Crippen LogP contribution in [-0.2, 0) is 0 Å². The van der Waals surface area contributed by atoms with Gasteiger partial charge in [-0.3, -0.25) is 0 Å². The van der Waals surface area contributed by atoms with E-state index in [4.69, 9.17) is 21.1 Å². The molecule has 1 heterocycles. The molecule has 0 fully saturated rings. The maximum atomic E-state index is 9.53. The normalized spacial score (nSPS) is 11.1. The molecule has 0 amide bonds. The Hall–Kier alpha value is -2.81. The lowest BCUT2D eigenvalue weighted by Crippen LogP contribution is -1.91. The van der Waals surface area contributed by atoms with Crippen molar-refractivity contribution < 1.29 is 9.47 Å². The van der Waals surface area contributed by atoms with Gasteiger partial charge in [-0.25, -0.2) is 4.98 Å². The molecule has 3 aromatic rings. The molecule has 0 saturated heterocycles. The molecule has 0 unspecified atom stereocenters. The lowest BCUT2D eigenvalue weighted by Gasteiger charge is -2.08. The summed E-state index contributed by atoms with van der Waals surface area (Å²) in [6.07, 6.45) is 1.80. The molecule has 1 aromatic heterocycles. The minimum Gasteiger partial charge on any atom is -0.497 e. The summed E-state index contributed by atoms with van der Waals surface area (Å²) in [6, 6.07) is 15.1. The molecule has 130 valence electrons. The van der Waals surface area contributed by atoms with Crippen LogP contribution in [0.1, 0.15) is 10.6 Å². The maximum Gasteiger partial charge on any atom is 0.134 e. The predicted octanol–water partition coefficient (Wildman–Crippen LogP) is 5.54. The van der Waals surface area contributed by atoms with Crippen molar-refractivity contribution in [2.45, 2.75) is 0 Å². The highest BCUT2D eigenvalue weighted by Crippen LogP contribution is 2.35. The zero-order chi connectivity index (χ0) is 18.5. The average Bonchev–Trinajstić information content (AvgIpc) is 3.16. The van der Waals surface area contributed by atoms with E-state index in [1.807, 2.05) is 35.7 Å². The van der Waals surface area contributed by atoms with Crippen LogP contribution in [0.4, 0.5) is 0 Å². The second kappa shape index (κ2) is 8.05. The molecular weight excluding hydrogens is 368 g/mol. The molecular formula is C20H15ClN2O2S. The number of aromatic nitrogens is 1. The molecule has 4 nitrogen and oxygen atoms in total. The molecule has 0 aliphatic carbocycles. The number of hydrogen-bond donors (Lipinski definition) is 0. The first-order valence-electron chi connectivity index (χ1n) is 7.70. The smallest absolute Gasteiger partial charge is 0.134 e. The van der Waals surface area contributed by atoms with Crippen molar-refractivity contribution in [3.8, 4) is 28.8 Å². The SMILES string of the molecule is COc1ccc(-c2csc(C(C#N)=Cc3ccc(Cl)cc3)n2)c(OC)c1. The third-order valence-electron chi connectivity index (χ3n) is 3.72. The summed E-state index contributed by atoms with van der Waals surface area (Å²) in [6.45, 7) is 0. The Morgan fingerprint density at radius 3 is 2.58 bits per heavy atom. The molecule has 0 spiro atoms. The van der Waals surface area contributed by atoms with Crippen molar-refractivity contribution in [2.24, 2.45) is 0 Å². The Kier molecular flexibility index (Phi) is 5.57. The summed E-state index contributed by atoms with van der Waals surface area (Å²) in [5, 5.41) is 12.7. The van der Waals surface area contributed by atoms with E-state index in [9.17, 15) is 5.26 Å². The van der Waals surface area contributed by atoms with Gasteiger partial charge in [0, 0.05) is 22.0 Å². The highest BCUT2D eigenvalue weighted by molar-refractivity contribution is 7.11. The molecule has 6 heteroatoms. The Morgan fingerprint density at radius 1 is 1.15 bits per heavy atom. The standard InChI is InChI=1S/C20H15ClN2O2S/c1-24-16-7-8-17(19(10-16)25-2)18-12-26-20(23-18)14(11-22)9-13-3-5-15(21)6-4-13/h3-10,12H,1-2H3. The summed E-state index contributed by atoms with van der Waals surface area (Å²) in [5.74, 6) is 1.38. The minimum atomic E-state index is 0.496.